The Morgan fingerprint density at radius 3 is 2.59 bits per heavy atom. The number of halogens is 4. The third kappa shape index (κ3) is 2.90. The van der Waals surface area contributed by atoms with Gasteiger partial charge in [-0.1, -0.05) is 11.6 Å². The van der Waals surface area contributed by atoms with Crippen LogP contribution in [-0.2, 0) is 12.7 Å². The fourth-order valence-electron chi connectivity index (χ4n) is 2.55. The van der Waals surface area contributed by atoms with Crippen molar-refractivity contribution in [3.05, 3.63) is 41.1 Å². The average Bonchev–Trinajstić information content (AvgIpc) is 2.78. The van der Waals surface area contributed by atoms with E-state index in [1.807, 2.05) is 18.0 Å². The number of alkyl halides is 3. The van der Waals surface area contributed by atoms with Crippen molar-refractivity contribution >= 4 is 17.4 Å². The van der Waals surface area contributed by atoms with Crippen molar-refractivity contribution in [3.63, 3.8) is 0 Å². The van der Waals surface area contributed by atoms with E-state index >= 15 is 0 Å². The van der Waals surface area contributed by atoms with Crippen molar-refractivity contribution in [1.29, 1.82) is 0 Å². The molecule has 118 valence electrons. The topological polar surface area (TPSA) is 34.0 Å². The highest BCUT2D eigenvalue weighted by Crippen LogP contribution is 2.35. The molecule has 1 saturated heterocycles. The van der Waals surface area contributed by atoms with Gasteiger partial charge in [-0.3, -0.25) is 0 Å². The largest absolute Gasteiger partial charge is 0.417 e. The number of aromatic nitrogens is 3. The number of imidazole rings is 1. The quantitative estimate of drug-likeness (QED) is 0.865. The summed E-state index contributed by atoms with van der Waals surface area (Å²) in [5, 5.41) is 0.0343. The third-order valence-corrected chi connectivity index (χ3v) is 4.06. The van der Waals surface area contributed by atoms with Crippen LogP contribution in [0.2, 0.25) is 5.02 Å². The molecule has 1 aliphatic rings. The van der Waals surface area contributed by atoms with E-state index in [1.54, 1.807) is 6.20 Å². The summed E-state index contributed by atoms with van der Waals surface area (Å²) >= 11 is 5.94. The lowest BCUT2D eigenvalue weighted by molar-refractivity contribution is -0.137. The average molecular weight is 331 g/mol. The first-order chi connectivity index (χ1) is 10.3. The predicted molar refractivity (Wildman–Crippen MR) is 76.9 cm³/mol. The fourth-order valence-corrected chi connectivity index (χ4v) is 2.84. The summed E-state index contributed by atoms with van der Waals surface area (Å²) in [4.78, 5) is 9.92. The molecular weight excluding hydrogens is 317 g/mol. The van der Waals surface area contributed by atoms with Gasteiger partial charge < -0.3 is 9.47 Å². The lowest BCUT2D eigenvalue weighted by Crippen LogP contribution is -2.49. The molecule has 1 aliphatic heterocycles. The van der Waals surface area contributed by atoms with Gasteiger partial charge in [0.15, 0.2) is 0 Å². The summed E-state index contributed by atoms with van der Waals surface area (Å²) in [5.41, 5.74) is -0.827. The second kappa shape index (κ2) is 5.46. The first-order valence-corrected chi connectivity index (χ1v) is 7.18. The number of hydrogen-bond acceptors (Lipinski definition) is 3. The minimum atomic E-state index is -4.42. The van der Waals surface area contributed by atoms with Crippen LogP contribution in [0.4, 0.5) is 19.0 Å². The molecule has 0 amide bonds. The molecule has 2 aromatic rings. The monoisotopic (exact) mass is 330 g/mol. The lowest BCUT2D eigenvalue weighted by Gasteiger charge is -2.40. The summed E-state index contributed by atoms with van der Waals surface area (Å²) in [5.74, 6) is 1.77. The van der Waals surface area contributed by atoms with E-state index in [9.17, 15) is 13.2 Å². The zero-order valence-electron chi connectivity index (χ0n) is 11.8. The maximum Gasteiger partial charge on any atom is 0.417 e. The molecule has 22 heavy (non-hydrogen) atoms. The fraction of sp³-hybridized carbons (Fsp3) is 0.429. The lowest BCUT2D eigenvalue weighted by atomic mass is 10.00. The molecule has 0 unspecified atom stereocenters. The molecule has 0 N–H and O–H groups in total. The van der Waals surface area contributed by atoms with Crippen molar-refractivity contribution in [2.75, 3.05) is 18.0 Å². The van der Waals surface area contributed by atoms with E-state index in [0.717, 1.165) is 37.7 Å². The van der Waals surface area contributed by atoms with Crippen LogP contribution in [0.25, 0.3) is 0 Å². The Balaban J connectivity index is 1.64. The van der Waals surface area contributed by atoms with Gasteiger partial charge >= 0.3 is 6.18 Å². The normalized spacial score (nSPS) is 16.0. The zero-order valence-corrected chi connectivity index (χ0v) is 12.6. The summed E-state index contributed by atoms with van der Waals surface area (Å²) in [6.45, 7) is 4.21. The molecule has 0 saturated carbocycles. The number of anilines is 1. The zero-order chi connectivity index (χ0) is 15.9. The van der Waals surface area contributed by atoms with Crippen molar-refractivity contribution in [2.24, 2.45) is 5.92 Å². The molecule has 0 bridgehead atoms. The van der Waals surface area contributed by atoms with E-state index in [2.05, 4.69) is 14.5 Å². The number of rotatable bonds is 3. The van der Waals surface area contributed by atoms with Gasteiger partial charge in [-0.2, -0.15) is 13.2 Å². The molecule has 8 heteroatoms. The highest BCUT2D eigenvalue weighted by atomic mass is 35.5. The van der Waals surface area contributed by atoms with Gasteiger partial charge in [-0.15, -0.1) is 0 Å². The second-order valence-corrected chi connectivity index (χ2v) is 5.83. The highest BCUT2D eigenvalue weighted by Gasteiger charge is 2.34. The Morgan fingerprint density at radius 2 is 2.05 bits per heavy atom. The molecule has 0 spiro atoms. The first kappa shape index (κ1) is 15.1. The van der Waals surface area contributed by atoms with Crippen LogP contribution in [0.15, 0.2) is 24.7 Å². The highest BCUT2D eigenvalue weighted by molar-refractivity contribution is 6.33. The van der Waals surface area contributed by atoms with E-state index < -0.39 is 11.7 Å². The van der Waals surface area contributed by atoms with Crippen LogP contribution < -0.4 is 4.90 Å². The van der Waals surface area contributed by atoms with Crippen LogP contribution >= 0.6 is 11.6 Å². The maximum atomic E-state index is 12.6. The van der Waals surface area contributed by atoms with E-state index in [4.69, 9.17) is 11.6 Å². The minimum absolute atomic E-state index is 0.0343. The number of pyridine rings is 1. The molecule has 1 fully saturated rings. The van der Waals surface area contributed by atoms with Gasteiger partial charge in [0, 0.05) is 44.1 Å². The molecule has 0 atom stereocenters. The standard InChI is InChI=1S/C14H14ClF3N4/c1-9-19-2-3-21(9)6-10-7-22(8-10)13-12(15)4-11(5-20-13)14(16,17)18/h2-5,10H,6-8H2,1H3. The van der Waals surface area contributed by atoms with Gasteiger partial charge in [-0.05, 0) is 13.0 Å². The Labute approximate surface area is 130 Å². The van der Waals surface area contributed by atoms with Crippen LogP contribution in [0.5, 0.6) is 0 Å². The molecule has 4 nitrogen and oxygen atoms in total. The van der Waals surface area contributed by atoms with Crippen molar-refractivity contribution in [3.8, 4) is 0 Å². The summed E-state index contributed by atoms with van der Waals surface area (Å²) in [7, 11) is 0. The molecular formula is C14H14ClF3N4. The second-order valence-electron chi connectivity index (χ2n) is 5.43. The smallest absolute Gasteiger partial charge is 0.355 e. The first-order valence-electron chi connectivity index (χ1n) is 6.80. The Kier molecular flexibility index (Phi) is 3.76. The molecule has 3 rings (SSSR count). The molecule has 0 aliphatic carbocycles. The van der Waals surface area contributed by atoms with E-state index in [1.165, 1.54) is 0 Å². The Bertz CT molecular complexity index is 677. The Morgan fingerprint density at radius 1 is 1.32 bits per heavy atom. The maximum absolute atomic E-state index is 12.6. The van der Waals surface area contributed by atoms with Crippen LogP contribution in [0, 0.1) is 12.8 Å². The Hall–Kier alpha value is -1.76. The van der Waals surface area contributed by atoms with Crippen LogP contribution in [-0.4, -0.2) is 27.6 Å². The predicted octanol–water partition coefficient (Wildman–Crippen LogP) is 3.40. The summed E-state index contributed by atoms with van der Waals surface area (Å²) < 4.78 is 39.8. The molecule has 3 heterocycles. The van der Waals surface area contributed by atoms with Crippen LogP contribution in [0.3, 0.4) is 0 Å². The molecule has 0 aromatic carbocycles. The number of aryl methyl sites for hydroxylation is 1. The van der Waals surface area contributed by atoms with E-state index in [-0.39, 0.29) is 5.02 Å². The van der Waals surface area contributed by atoms with Gasteiger partial charge in [0.2, 0.25) is 0 Å². The van der Waals surface area contributed by atoms with Crippen molar-refractivity contribution < 1.29 is 13.2 Å². The van der Waals surface area contributed by atoms with Gasteiger partial charge in [0.1, 0.15) is 11.6 Å². The van der Waals surface area contributed by atoms with Gasteiger partial charge in [-0.25, -0.2) is 9.97 Å². The summed E-state index contributed by atoms with van der Waals surface area (Å²) in [6.07, 6.45) is 0.0710. The van der Waals surface area contributed by atoms with Gasteiger partial charge in [0.05, 0.1) is 10.6 Å². The van der Waals surface area contributed by atoms with E-state index in [0.29, 0.717) is 11.7 Å². The SMILES string of the molecule is Cc1nccn1CC1CN(c2ncc(C(F)(F)F)cc2Cl)C1. The molecule has 2 aromatic heterocycles. The minimum Gasteiger partial charge on any atom is -0.355 e. The number of hydrogen-bond donors (Lipinski definition) is 0. The van der Waals surface area contributed by atoms with Crippen molar-refractivity contribution in [1.82, 2.24) is 14.5 Å². The molecule has 0 radical (unpaired) electrons. The summed E-state index contributed by atoms with van der Waals surface area (Å²) in [6, 6.07) is 0.928. The van der Waals surface area contributed by atoms with Crippen molar-refractivity contribution in [2.45, 2.75) is 19.6 Å². The third-order valence-electron chi connectivity index (χ3n) is 3.78. The number of nitrogens with zero attached hydrogens (tertiary/aromatic N) is 4. The van der Waals surface area contributed by atoms with Gasteiger partial charge in [0.25, 0.3) is 0 Å². The van der Waals surface area contributed by atoms with Crippen LogP contribution in [0.1, 0.15) is 11.4 Å².